The Labute approximate surface area is 154 Å². The first-order chi connectivity index (χ1) is 12.7. The molecule has 8 nitrogen and oxygen atoms in total. The van der Waals surface area contributed by atoms with E-state index in [-0.39, 0.29) is 17.7 Å². The highest BCUT2D eigenvalue weighted by Gasteiger charge is 2.31. The van der Waals surface area contributed by atoms with Crippen LogP contribution in [0.2, 0.25) is 0 Å². The predicted octanol–water partition coefficient (Wildman–Crippen LogP) is 0.00650. The highest BCUT2D eigenvalue weighted by molar-refractivity contribution is 5.81. The second kappa shape index (κ2) is 8.93. The molecule has 2 heterocycles. The molecule has 1 aromatic rings. The highest BCUT2D eigenvalue weighted by atomic mass is 16.2. The maximum atomic E-state index is 12.4. The van der Waals surface area contributed by atoms with Crippen molar-refractivity contribution in [2.75, 3.05) is 44.2 Å². The molecule has 0 radical (unpaired) electrons. The number of hydrogen-bond acceptors (Lipinski definition) is 6. The normalized spacial score (nSPS) is 23.1. The van der Waals surface area contributed by atoms with E-state index in [4.69, 9.17) is 5.73 Å². The fourth-order valence-electron chi connectivity index (χ4n) is 3.86. The fraction of sp³-hybridized carbons (Fsp3) is 0.667. The van der Waals surface area contributed by atoms with Crippen LogP contribution in [0.3, 0.4) is 0 Å². The van der Waals surface area contributed by atoms with Crippen molar-refractivity contribution in [1.29, 1.82) is 0 Å². The van der Waals surface area contributed by atoms with Crippen LogP contribution in [0.5, 0.6) is 0 Å². The van der Waals surface area contributed by atoms with Gasteiger partial charge in [0.05, 0.1) is 0 Å². The van der Waals surface area contributed by atoms with Gasteiger partial charge in [0.15, 0.2) is 0 Å². The minimum Gasteiger partial charge on any atom is -0.355 e. The van der Waals surface area contributed by atoms with E-state index in [0.29, 0.717) is 44.5 Å². The minimum absolute atomic E-state index is 0.0181. The van der Waals surface area contributed by atoms with Crippen LogP contribution < -0.4 is 16.0 Å². The van der Waals surface area contributed by atoms with Crippen LogP contribution in [-0.2, 0) is 9.59 Å². The molecule has 0 unspecified atom stereocenters. The Bertz CT molecular complexity index is 603. The van der Waals surface area contributed by atoms with Gasteiger partial charge in [0, 0.05) is 57.5 Å². The second-order valence-corrected chi connectivity index (χ2v) is 6.99. The Morgan fingerprint density at radius 2 is 1.88 bits per heavy atom. The van der Waals surface area contributed by atoms with Gasteiger partial charge in [-0.2, -0.15) is 0 Å². The number of nitrogens with one attached hydrogen (secondary N) is 1. The smallest absolute Gasteiger partial charge is 0.225 e. The molecule has 3 rings (SSSR count). The molecule has 1 aromatic heterocycles. The van der Waals surface area contributed by atoms with Crippen molar-refractivity contribution < 1.29 is 9.59 Å². The first-order valence-electron chi connectivity index (χ1n) is 9.46. The lowest BCUT2D eigenvalue weighted by Gasteiger charge is -2.34. The van der Waals surface area contributed by atoms with Crippen molar-refractivity contribution in [2.24, 2.45) is 17.6 Å². The zero-order chi connectivity index (χ0) is 18.4. The van der Waals surface area contributed by atoms with Gasteiger partial charge in [-0.05, 0) is 31.4 Å². The number of nitrogens with zero attached hydrogens (tertiary/aromatic N) is 4. The zero-order valence-electron chi connectivity index (χ0n) is 15.1. The van der Waals surface area contributed by atoms with Crippen LogP contribution in [0.1, 0.15) is 25.7 Å². The third kappa shape index (κ3) is 4.49. The minimum atomic E-state index is 0.0181. The van der Waals surface area contributed by atoms with Crippen molar-refractivity contribution in [3.8, 4) is 0 Å². The topological polar surface area (TPSA) is 104 Å². The quantitative estimate of drug-likeness (QED) is 0.740. The lowest BCUT2D eigenvalue weighted by atomic mass is 9.95. The molecular formula is C18H28N6O2. The Kier molecular flexibility index (Phi) is 6.38. The molecule has 26 heavy (non-hydrogen) atoms. The van der Waals surface area contributed by atoms with Gasteiger partial charge < -0.3 is 20.9 Å². The van der Waals surface area contributed by atoms with Crippen molar-refractivity contribution in [1.82, 2.24) is 20.2 Å². The number of carbonyl (C=O) groups excluding carboxylic acids is 2. The summed E-state index contributed by atoms with van der Waals surface area (Å²) in [5, 5.41) is 2.92. The Hall–Kier alpha value is -2.22. The van der Waals surface area contributed by atoms with Crippen LogP contribution in [-0.4, -0.2) is 66.0 Å². The van der Waals surface area contributed by atoms with E-state index >= 15 is 0 Å². The lowest BCUT2D eigenvalue weighted by molar-refractivity contribution is -0.131. The van der Waals surface area contributed by atoms with E-state index < -0.39 is 0 Å². The Morgan fingerprint density at radius 1 is 1.15 bits per heavy atom. The molecule has 1 aliphatic carbocycles. The summed E-state index contributed by atoms with van der Waals surface area (Å²) < 4.78 is 0. The van der Waals surface area contributed by atoms with Crippen LogP contribution in [0.15, 0.2) is 18.5 Å². The van der Waals surface area contributed by atoms with Gasteiger partial charge in [-0.15, -0.1) is 0 Å². The number of amides is 2. The summed E-state index contributed by atoms with van der Waals surface area (Å²) in [4.78, 5) is 37.1. The van der Waals surface area contributed by atoms with Crippen molar-refractivity contribution in [3.05, 3.63) is 18.5 Å². The van der Waals surface area contributed by atoms with Gasteiger partial charge >= 0.3 is 0 Å². The van der Waals surface area contributed by atoms with Gasteiger partial charge in [0.25, 0.3) is 0 Å². The van der Waals surface area contributed by atoms with Gasteiger partial charge in [-0.25, -0.2) is 9.97 Å². The molecule has 1 aliphatic heterocycles. The maximum Gasteiger partial charge on any atom is 0.225 e. The summed E-state index contributed by atoms with van der Waals surface area (Å²) in [5.74, 6) is 1.15. The van der Waals surface area contributed by atoms with Crippen LogP contribution in [0.25, 0.3) is 0 Å². The van der Waals surface area contributed by atoms with E-state index in [1.165, 1.54) is 0 Å². The van der Waals surface area contributed by atoms with Gasteiger partial charge in [0.2, 0.25) is 17.8 Å². The van der Waals surface area contributed by atoms with Crippen LogP contribution in [0, 0.1) is 11.8 Å². The zero-order valence-corrected chi connectivity index (χ0v) is 15.1. The van der Waals surface area contributed by atoms with E-state index in [2.05, 4.69) is 20.2 Å². The van der Waals surface area contributed by atoms with Crippen molar-refractivity contribution in [3.63, 3.8) is 0 Å². The number of rotatable bonds is 6. The van der Waals surface area contributed by atoms with E-state index in [1.807, 2.05) is 4.90 Å². The Balaban J connectivity index is 1.37. The van der Waals surface area contributed by atoms with Gasteiger partial charge in [-0.3, -0.25) is 9.59 Å². The summed E-state index contributed by atoms with van der Waals surface area (Å²) in [6, 6.07) is 1.79. The second-order valence-electron chi connectivity index (χ2n) is 6.99. The SMILES string of the molecule is NC[C@H]1CCC[C@H]1C(=O)NCCC(=O)N1CCN(c2ncccn2)CC1. The van der Waals surface area contributed by atoms with E-state index in [0.717, 1.165) is 32.4 Å². The average molecular weight is 360 g/mol. The molecule has 2 fully saturated rings. The first kappa shape index (κ1) is 18.6. The van der Waals surface area contributed by atoms with Crippen molar-refractivity contribution in [2.45, 2.75) is 25.7 Å². The molecule has 0 spiro atoms. The number of hydrogen-bond donors (Lipinski definition) is 2. The molecule has 1 saturated heterocycles. The average Bonchev–Trinajstić information content (AvgIpc) is 3.17. The van der Waals surface area contributed by atoms with Gasteiger partial charge in [-0.1, -0.05) is 6.42 Å². The number of anilines is 1. The molecule has 2 amide bonds. The molecule has 8 heteroatoms. The number of aromatic nitrogens is 2. The first-order valence-corrected chi connectivity index (χ1v) is 9.46. The standard InChI is InChI=1S/C18H28N6O2/c19-13-14-3-1-4-15(14)17(26)20-8-5-16(25)23-9-11-24(12-10-23)18-21-6-2-7-22-18/h2,6-7,14-15H,1,3-5,8-13,19H2,(H,20,26)/t14-,15-/m1/s1. The third-order valence-electron chi connectivity index (χ3n) is 5.40. The molecule has 1 saturated carbocycles. The summed E-state index contributed by atoms with van der Waals surface area (Å²) in [7, 11) is 0. The molecular weight excluding hydrogens is 332 g/mol. The fourth-order valence-corrected chi connectivity index (χ4v) is 3.86. The maximum absolute atomic E-state index is 12.4. The van der Waals surface area contributed by atoms with Crippen LogP contribution in [0.4, 0.5) is 5.95 Å². The summed E-state index contributed by atoms with van der Waals surface area (Å²) in [6.07, 6.45) is 6.79. The summed E-state index contributed by atoms with van der Waals surface area (Å²) in [6.45, 7) is 3.72. The number of carbonyl (C=O) groups is 2. The molecule has 142 valence electrons. The predicted molar refractivity (Wildman–Crippen MR) is 98.3 cm³/mol. The molecule has 2 atom stereocenters. The van der Waals surface area contributed by atoms with E-state index in [9.17, 15) is 9.59 Å². The highest BCUT2D eigenvalue weighted by Crippen LogP contribution is 2.30. The monoisotopic (exact) mass is 360 g/mol. The molecule has 0 aromatic carbocycles. The molecule has 2 aliphatic rings. The largest absolute Gasteiger partial charge is 0.355 e. The molecule has 3 N–H and O–H groups in total. The van der Waals surface area contributed by atoms with Crippen LogP contribution >= 0.6 is 0 Å². The summed E-state index contributed by atoms with van der Waals surface area (Å²) >= 11 is 0. The molecule has 0 bridgehead atoms. The van der Waals surface area contributed by atoms with Gasteiger partial charge in [0.1, 0.15) is 0 Å². The summed E-state index contributed by atoms with van der Waals surface area (Å²) in [5.41, 5.74) is 5.74. The lowest BCUT2D eigenvalue weighted by Crippen LogP contribution is -2.49. The number of piperazine rings is 1. The third-order valence-corrected chi connectivity index (χ3v) is 5.40. The van der Waals surface area contributed by atoms with E-state index in [1.54, 1.807) is 18.5 Å². The van der Waals surface area contributed by atoms with Crippen molar-refractivity contribution >= 4 is 17.8 Å². The number of nitrogens with two attached hydrogens (primary N) is 1. The Morgan fingerprint density at radius 3 is 2.58 bits per heavy atom.